The third kappa shape index (κ3) is 2.07. The number of carbonyl (C=O) groups is 2. The Kier molecular flexibility index (Phi) is 3.19. The van der Waals surface area contributed by atoms with Crippen molar-refractivity contribution in [2.24, 2.45) is 10.1 Å². The number of amides is 2. The Balaban J connectivity index is 3.26. The summed E-state index contributed by atoms with van der Waals surface area (Å²) in [5.74, 6) is -1.65. The Morgan fingerprint density at radius 1 is 1.50 bits per heavy atom. The summed E-state index contributed by atoms with van der Waals surface area (Å²) < 4.78 is 13.0. The van der Waals surface area contributed by atoms with Gasteiger partial charge in [-0.1, -0.05) is 0 Å². The van der Waals surface area contributed by atoms with Crippen molar-refractivity contribution >= 4 is 23.3 Å². The van der Waals surface area contributed by atoms with Crippen LogP contribution in [0, 0.1) is 0 Å². The molecule has 0 aliphatic heterocycles. The van der Waals surface area contributed by atoms with Crippen LogP contribution in [-0.2, 0) is 11.5 Å². The van der Waals surface area contributed by atoms with Crippen LogP contribution in [0.15, 0.2) is 22.7 Å². The van der Waals surface area contributed by atoms with Crippen molar-refractivity contribution in [3.05, 3.63) is 29.6 Å². The van der Waals surface area contributed by atoms with Crippen molar-refractivity contribution < 1.29 is 13.8 Å². The fourth-order valence-corrected chi connectivity index (χ4v) is 1.02. The molecule has 0 unspecified atom stereocenters. The molecule has 1 rings (SSSR count). The second-order valence-electron chi connectivity index (χ2n) is 2.23. The summed E-state index contributed by atoms with van der Waals surface area (Å²) in [5.41, 5.74) is 4.72. The summed E-state index contributed by atoms with van der Waals surface area (Å²) in [7, 11) is 0. The first-order chi connectivity index (χ1) is 6.66. The highest BCUT2D eigenvalue weighted by Crippen LogP contribution is 2.05. The van der Waals surface area contributed by atoms with E-state index in [2.05, 4.69) is 9.35 Å². The van der Waals surface area contributed by atoms with Crippen molar-refractivity contribution in [1.29, 1.82) is 0 Å². The van der Waals surface area contributed by atoms with Crippen molar-refractivity contribution in [3.63, 3.8) is 0 Å². The Labute approximate surface area is 82.4 Å². The van der Waals surface area contributed by atoms with Gasteiger partial charge in [-0.15, -0.1) is 4.36 Å². The molecule has 2 amide bonds. The minimum atomic E-state index is -0.833. The van der Waals surface area contributed by atoms with Crippen LogP contribution in [0.4, 0.5) is 0 Å². The molecule has 0 aliphatic carbocycles. The maximum atomic E-state index is 11.1. The van der Waals surface area contributed by atoms with Crippen molar-refractivity contribution in [3.8, 4) is 0 Å². The molecule has 0 radical (unpaired) electrons. The van der Waals surface area contributed by atoms with Gasteiger partial charge in [-0.2, -0.15) is 4.21 Å². The van der Waals surface area contributed by atoms with Crippen LogP contribution >= 0.6 is 0 Å². The molecular weight excluding hydrogens is 206 g/mol. The van der Waals surface area contributed by atoms with Gasteiger partial charge < -0.3 is 5.73 Å². The lowest BCUT2D eigenvalue weighted by molar-refractivity contribution is 0.0966. The van der Waals surface area contributed by atoms with Crippen LogP contribution < -0.4 is 5.73 Å². The summed E-state index contributed by atoms with van der Waals surface area (Å²) in [4.78, 5) is 25.6. The van der Waals surface area contributed by atoms with Crippen LogP contribution in [0.5, 0.6) is 0 Å². The van der Waals surface area contributed by atoms with E-state index < -0.39 is 11.8 Å². The Morgan fingerprint density at radius 2 is 2.21 bits per heavy atom. The van der Waals surface area contributed by atoms with Gasteiger partial charge >= 0.3 is 0 Å². The maximum Gasteiger partial charge on any atom is 0.292 e. The molecule has 1 heterocycles. The van der Waals surface area contributed by atoms with E-state index in [1.807, 2.05) is 0 Å². The highest BCUT2D eigenvalue weighted by atomic mass is 32.1. The van der Waals surface area contributed by atoms with Gasteiger partial charge in [0.05, 0.1) is 5.56 Å². The number of nitrogens with zero attached hydrogens (tertiary/aromatic N) is 2. The molecule has 0 saturated heterocycles. The third-order valence-electron chi connectivity index (χ3n) is 1.39. The van der Waals surface area contributed by atoms with Crippen LogP contribution in [0.25, 0.3) is 0 Å². The lowest BCUT2D eigenvalue weighted by Gasteiger charge is -1.98. The Morgan fingerprint density at radius 3 is 2.79 bits per heavy atom. The Hall–Kier alpha value is -1.89. The molecule has 0 fully saturated rings. The fourth-order valence-electron chi connectivity index (χ4n) is 0.857. The van der Waals surface area contributed by atoms with E-state index in [4.69, 9.17) is 5.73 Å². The SMILES string of the molecule is NC(=O)c1ncccc1C(=O)N=S=O. The number of aromatic nitrogens is 1. The summed E-state index contributed by atoms with van der Waals surface area (Å²) >= 11 is -0.229. The molecule has 14 heavy (non-hydrogen) atoms. The van der Waals surface area contributed by atoms with Crippen molar-refractivity contribution in [2.75, 3.05) is 0 Å². The molecular formula is C7H5N3O3S. The number of hydrogen-bond donors (Lipinski definition) is 1. The highest BCUT2D eigenvalue weighted by Gasteiger charge is 2.14. The summed E-state index contributed by atoms with van der Waals surface area (Å²) in [6, 6.07) is 2.78. The zero-order chi connectivity index (χ0) is 10.6. The van der Waals surface area contributed by atoms with Crippen LogP contribution in [0.1, 0.15) is 20.8 Å². The lowest BCUT2D eigenvalue weighted by atomic mass is 10.2. The van der Waals surface area contributed by atoms with Gasteiger partial charge in [0.15, 0.2) is 0 Å². The van der Waals surface area contributed by atoms with E-state index in [0.29, 0.717) is 0 Å². The van der Waals surface area contributed by atoms with Crippen LogP contribution in [0.3, 0.4) is 0 Å². The molecule has 72 valence electrons. The van der Waals surface area contributed by atoms with Gasteiger partial charge in [0.25, 0.3) is 11.8 Å². The third-order valence-corrected chi connectivity index (χ3v) is 1.63. The average molecular weight is 211 g/mol. The molecule has 7 heteroatoms. The highest BCUT2D eigenvalue weighted by molar-refractivity contribution is 7.55. The number of hydrogen-bond acceptors (Lipinski definition) is 4. The molecule has 0 saturated carbocycles. The van der Waals surface area contributed by atoms with E-state index in [1.54, 1.807) is 0 Å². The summed E-state index contributed by atoms with van der Waals surface area (Å²) in [5, 5.41) is 0. The number of primary amides is 1. The van der Waals surface area contributed by atoms with E-state index >= 15 is 0 Å². The van der Waals surface area contributed by atoms with E-state index in [0.717, 1.165) is 0 Å². The summed E-state index contributed by atoms with van der Waals surface area (Å²) in [6.45, 7) is 0. The molecule has 6 nitrogen and oxygen atoms in total. The van der Waals surface area contributed by atoms with Gasteiger partial charge in [0.2, 0.25) is 11.5 Å². The lowest BCUT2D eigenvalue weighted by Crippen LogP contribution is -2.17. The van der Waals surface area contributed by atoms with Gasteiger partial charge in [0.1, 0.15) is 5.69 Å². The minimum Gasteiger partial charge on any atom is -0.364 e. The molecule has 1 aromatic heterocycles. The smallest absolute Gasteiger partial charge is 0.292 e. The Bertz CT molecular complexity index is 440. The largest absolute Gasteiger partial charge is 0.364 e. The molecule has 0 aromatic carbocycles. The number of pyridine rings is 1. The molecule has 1 aromatic rings. The normalized spacial score (nSPS) is 9.14. The number of carbonyl (C=O) groups excluding carboxylic acids is 2. The molecule has 0 bridgehead atoms. The van der Waals surface area contributed by atoms with E-state index in [-0.39, 0.29) is 22.7 Å². The van der Waals surface area contributed by atoms with Gasteiger partial charge in [-0.05, 0) is 12.1 Å². The van der Waals surface area contributed by atoms with Crippen LogP contribution in [-0.4, -0.2) is 21.0 Å². The first-order valence-corrected chi connectivity index (χ1v) is 4.16. The molecule has 2 N–H and O–H groups in total. The zero-order valence-corrected chi connectivity index (χ0v) is 7.65. The predicted molar refractivity (Wildman–Crippen MR) is 47.7 cm³/mol. The average Bonchev–Trinajstić information content (AvgIpc) is 2.18. The van der Waals surface area contributed by atoms with Crippen LogP contribution in [0.2, 0.25) is 0 Å². The molecule has 0 atom stereocenters. The minimum absolute atomic E-state index is 0.0663. The quantitative estimate of drug-likeness (QED) is 0.726. The van der Waals surface area contributed by atoms with Gasteiger partial charge in [-0.3, -0.25) is 14.6 Å². The van der Waals surface area contributed by atoms with Crippen molar-refractivity contribution in [2.45, 2.75) is 0 Å². The molecule has 0 spiro atoms. The monoisotopic (exact) mass is 211 g/mol. The second-order valence-corrected chi connectivity index (χ2v) is 2.57. The fraction of sp³-hybridized carbons (Fsp3) is 0. The topological polar surface area (TPSA) is 102 Å². The van der Waals surface area contributed by atoms with E-state index in [9.17, 15) is 13.8 Å². The predicted octanol–water partition coefficient (Wildman–Crippen LogP) is -0.283. The second kappa shape index (κ2) is 4.38. The maximum absolute atomic E-state index is 11.1. The van der Waals surface area contributed by atoms with Gasteiger partial charge in [-0.25, -0.2) is 0 Å². The van der Waals surface area contributed by atoms with Gasteiger partial charge in [0, 0.05) is 6.20 Å². The van der Waals surface area contributed by atoms with E-state index in [1.165, 1.54) is 18.3 Å². The standard InChI is InChI=1S/C7H5N3O3S/c8-6(11)5-4(2-1-3-9-5)7(12)10-14-13/h1-3H,(H2,8,11). The zero-order valence-electron chi connectivity index (χ0n) is 6.84. The first kappa shape index (κ1) is 10.2. The number of rotatable bonds is 2. The number of nitrogens with two attached hydrogens (primary N) is 1. The summed E-state index contributed by atoms with van der Waals surface area (Å²) in [6.07, 6.45) is 1.32. The molecule has 0 aliphatic rings. The first-order valence-electron chi connectivity index (χ1n) is 3.46. The van der Waals surface area contributed by atoms with Crippen molar-refractivity contribution in [1.82, 2.24) is 4.98 Å².